The molecule has 1 aromatic rings. The molecule has 0 unspecified atom stereocenters. The van der Waals surface area contributed by atoms with E-state index in [0.717, 1.165) is 18.5 Å². The number of carbonyl (C=O) groups excluding carboxylic acids is 1. The molecular formula is C15H19NO2. The molecular weight excluding hydrogens is 226 g/mol. The van der Waals surface area contributed by atoms with Crippen LogP contribution < -0.4 is 0 Å². The van der Waals surface area contributed by atoms with Gasteiger partial charge < -0.3 is 9.64 Å². The van der Waals surface area contributed by atoms with Crippen LogP contribution in [0.3, 0.4) is 0 Å². The van der Waals surface area contributed by atoms with Gasteiger partial charge in [-0.05, 0) is 29.5 Å². The highest BCUT2D eigenvalue weighted by atomic mass is 16.5. The monoisotopic (exact) mass is 245 g/mol. The number of fused-ring (bicyclic) bond motifs is 1. The summed E-state index contributed by atoms with van der Waals surface area (Å²) in [6, 6.07) is 6.65. The third-order valence-corrected chi connectivity index (χ3v) is 3.98. The molecule has 3 heteroatoms. The Morgan fingerprint density at radius 3 is 2.72 bits per heavy atom. The summed E-state index contributed by atoms with van der Waals surface area (Å²) < 4.78 is 5.19. The Labute approximate surface area is 108 Å². The lowest BCUT2D eigenvalue weighted by Gasteiger charge is -2.40. The van der Waals surface area contributed by atoms with Crippen LogP contribution in [0.4, 0.5) is 0 Å². The molecule has 3 nitrogen and oxygen atoms in total. The summed E-state index contributed by atoms with van der Waals surface area (Å²) in [7, 11) is 0. The lowest BCUT2D eigenvalue weighted by Crippen LogP contribution is -2.54. The summed E-state index contributed by atoms with van der Waals surface area (Å²) in [4.78, 5) is 14.5. The van der Waals surface area contributed by atoms with Crippen LogP contribution in [0.1, 0.15) is 41.3 Å². The van der Waals surface area contributed by atoms with Crippen molar-refractivity contribution < 1.29 is 9.53 Å². The Morgan fingerprint density at radius 2 is 2.11 bits per heavy atom. The van der Waals surface area contributed by atoms with E-state index in [1.54, 1.807) is 0 Å². The van der Waals surface area contributed by atoms with E-state index in [-0.39, 0.29) is 5.91 Å². The SMILES string of the molecule is CC(C)c1ccc2c(c1)C(=O)N(C1COC1)CC2. The van der Waals surface area contributed by atoms with E-state index in [9.17, 15) is 4.79 Å². The van der Waals surface area contributed by atoms with Crippen LogP contribution in [0, 0.1) is 0 Å². The average molecular weight is 245 g/mol. The molecule has 0 aromatic heterocycles. The first kappa shape index (κ1) is 11.7. The van der Waals surface area contributed by atoms with Crippen molar-refractivity contribution in [1.29, 1.82) is 0 Å². The highest BCUT2D eigenvalue weighted by molar-refractivity contribution is 5.97. The molecule has 2 aliphatic rings. The molecule has 1 aromatic carbocycles. The summed E-state index contributed by atoms with van der Waals surface area (Å²) in [5.41, 5.74) is 3.34. The summed E-state index contributed by atoms with van der Waals surface area (Å²) in [5, 5.41) is 0. The van der Waals surface area contributed by atoms with Gasteiger partial charge >= 0.3 is 0 Å². The Morgan fingerprint density at radius 1 is 1.33 bits per heavy atom. The first-order valence-corrected chi connectivity index (χ1v) is 6.68. The zero-order chi connectivity index (χ0) is 12.7. The molecule has 1 saturated heterocycles. The van der Waals surface area contributed by atoms with Gasteiger partial charge in [-0.1, -0.05) is 26.0 Å². The maximum Gasteiger partial charge on any atom is 0.254 e. The van der Waals surface area contributed by atoms with Gasteiger partial charge in [0.2, 0.25) is 0 Å². The van der Waals surface area contributed by atoms with Gasteiger partial charge in [0.15, 0.2) is 0 Å². The number of ether oxygens (including phenoxy) is 1. The third-order valence-electron chi connectivity index (χ3n) is 3.98. The normalized spacial score (nSPS) is 19.9. The number of rotatable bonds is 2. The van der Waals surface area contributed by atoms with Gasteiger partial charge in [0.1, 0.15) is 0 Å². The lowest BCUT2D eigenvalue weighted by atomic mass is 9.92. The predicted molar refractivity (Wildman–Crippen MR) is 69.9 cm³/mol. The zero-order valence-electron chi connectivity index (χ0n) is 11.0. The first-order chi connectivity index (χ1) is 8.66. The Balaban J connectivity index is 1.92. The number of nitrogens with zero attached hydrogens (tertiary/aromatic N) is 1. The molecule has 96 valence electrons. The maximum absolute atomic E-state index is 12.5. The molecule has 3 rings (SSSR count). The molecule has 2 heterocycles. The second-order valence-corrected chi connectivity index (χ2v) is 5.51. The van der Waals surface area contributed by atoms with Crippen molar-refractivity contribution in [2.45, 2.75) is 32.2 Å². The van der Waals surface area contributed by atoms with Crippen molar-refractivity contribution in [1.82, 2.24) is 4.90 Å². The summed E-state index contributed by atoms with van der Waals surface area (Å²) in [6.07, 6.45) is 0.968. The predicted octanol–water partition coefficient (Wildman–Crippen LogP) is 2.21. The fourth-order valence-electron chi connectivity index (χ4n) is 2.62. The van der Waals surface area contributed by atoms with Gasteiger partial charge in [-0.2, -0.15) is 0 Å². The largest absolute Gasteiger partial charge is 0.377 e. The number of amides is 1. The van der Waals surface area contributed by atoms with Gasteiger partial charge in [-0.3, -0.25) is 4.79 Å². The van der Waals surface area contributed by atoms with E-state index in [1.165, 1.54) is 11.1 Å². The van der Waals surface area contributed by atoms with Crippen molar-refractivity contribution in [2.75, 3.05) is 19.8 Å². The van der Waals surface area contributed by atoms with Gasteiger partial charge in [-0.25, -0.2) is 0 Å². The number of benzene rings is 1. The van der Waals surface area contributed by atoms with Gasteiger partial charge in [0.05, 0.1) is 19.3 Å². The van der Waals surface area contributed by atoms with Crippen molar-refractivity contribution in [3.63, 3.8) is 0 Å². The molecule has 0 radical (unpaired) electrons. The van der Waals surface area contributed by atoms with Crippen LogP contribution in [-0.4, -0.2) is 36.6 Å². The Hall–Kier alpha value is -1.35. The van der Waals surface area contributed by atoms with E-state index in [2.05, 4.69) is 32.0 Å². The molecule has 0 N–H and O–H groups in total. The minimum atomic E-state index is 0.187. The molecule has 0 aliphatic carbocycles. The van der Waals surface area contributed by atoms with E-state index >= 15 is 0 Å². The molecule has 0 bridgehead atoms. The molecule has 1 amide bonds. The second-order valence-electron chi connectivity index (χ2n) is 5.51. The van der Waals surface area contributed by atoms with Gasteiger partial charge in [0, 0.05) is 12.1 Å². The fourth-order valence-corrected chi connectivity index (χ4v) is 2.62. The maximum atomic E-state index is 12.5. The van der Waals surface area contributed by atoms with Crippen LogP contribution in [0.2, 0.25) is 0 Å². The third kappa shape index (κ3) is 1.83. The van der Waals surface area contributed by atoms with Crippen molar-refractivity contribution in [2.24, 2.45) is 0 Å². The quantitative estimate of drug-likeness (QED) is 0.799. The highest BCUT2D eigenvalue weighted by Gasteiger charge is 2.33. The molecule has 18 heavy (non-hydrogen) atoms. The minimum Gasteiger partial charge on any atom is -0.377 e. The van der Waals surface area contributed by atoms with Crippen LogP contribution in [0.25, 0.3) is 0 Å². The molecule has 1 fully saturated rings. The Bertz CT molecular complexity index is 477. The zero-order valence-corrected chi connectivity index (χ0v) is 11.0. The van der Waals surface area contributed by atoms with Crippen molar-refractivity contribution in [3.8, 4) is 0 Å². The molecule has 0 saturated carbocycles. The van der Waals surface area contributed by atoms with E-state index < -0.39 is 0 Å². The molecule has 2 aliphatic heterocycles. The van der Waals surface area contributed by atoms with Crippen LogP contribution in [-0.2, 0) is 11.2 Å². The lowest BCUT2D eigenvalue weighted by molar-refractivity contribution is -0.0549. The van der Waals surface area contributed by atoms with Gasteiger partial charge in [-0.15, -0.1) is 0 Å². The highest BCUT2D eigenvalue weighted by Crippen LogP contribution is 2.26. The van der Waals surface area contributed by atoms with Crippen LogP contribution in [0.15, 0.2) is 18.2 Å². The van der Waals surface area contributed by atoms with E-state index in [4.69, 9.17) is 4.74 Å². The first-order valence-electron chi connectivity index (χ1n) is 6.68. The average Bonchev–Trinajstić information content (AvgIpc) is 2.30. The van der Waals surface area contributed by atoms with Crippen LogP contribution >= 0.6 is 0 Å². The second kappa shape index (κ2) is 4.39. The number of hydrogen-bond acceptors (Lipinski definition) is 2. The molecule has 0 spiro atoms. The van der Waals surface area contributed by atoms with E-state index in [1.807, 2.05) is 4.90 Å². The smallest absolute Gasteiger partial charge is 0.254 e. The summed E-state index contributed by atoms with van der Waals surface area (Å²) in [6.45, 7) is 6.55. The van der Waals surface area contributed by atoms with Crippen LogP contribution in [0.5, 0.6) is 0 Å². The number of hydrogen-bond donors (Lipinski definition) is 0. The topological polar surface area (TPSA) is 29.5 Å². The molecule has 0 atom stereocenters. The summed E-state index contributed by atoms with van der Waals surface area (Å²) in [5.74, 6) is 0.651. The fraction of sp³-hybridized carbons (Fsp3) is 0.533. The minimum absolute atomic E-state index is 0.187. The van der Waals surface area contributed by atoms with Crippen molar-refractivity contribution in [3.05, 3.63) is 34.9 Å². The van der Waals surface area contributed by atoms with Gasteiger partial charge in [0.25, 0.3) is 5.91 Å². The van der Waals surface area contributed by atoms with E-state index in [0.29, 0.717) is 25.2 Å². The summed E-state index contributed by atoms with van der Waals surface area (Å²) >= 11 is 0. The Kier molecular flexibility index (Phi) is 2.86. The standard InChI is InChI=1S/C15H19NO2/c1-10(2)12-4-3-11-5-6-16(13-8-18-9-13)15(17)14(11)7-12/h3-4,7,10,13H,5-6,8-9H2,1-2H3. The van der Waals surface area contributed by atoms with Crippen molar-refractivity contribution >= 4 is 5.91 Å². The number of carbonyl (C=O) groups is 1.